The number of nitrogens with one attached hydrogen (secondary N) is 2. The zero-order valence-corrected chi connectivity index (χ0v) is 18.1. The van der Waals surface area contributed by atoms with Crippen molar-refractivity contribution >= 4 is 5.96 Å². The first-order chi connectivity index (χ1) is 15.1. The Morgan fingerprint density at radius 2 is 2.03 bits per heavy atom. The number of fused-ring (bicyclic) bond motifs is 1. The van der Waals surface area contributed by atoms with E-state index < -0.39 is 0 Å². The smallest absolute Gasteiger partial charge is 0.191 e. The summed E-state index contributed by atoms with van der Waals surface area (Å²) in [4.78, 5) is 9.31. The van der Waals surface area contributed by atoms with Gasteiger partial charge in [0, 0.05) is 44.6 Å². The summed E-state index contributed by atoms with van der Waals surface area (Å²) >= 11 is 0. The van der Waals surface area contributed by atoms with Crippen LogP contribution in [-0.2, 0) is 25.8 Å². The van der Waals surface area contributed by atoms with E-state index in [1.165, 1.54) is 12.1 Å². The van der Waals surface area contributed by atoms with Gasteiger partial charge in [-0.05, 0) is 43.7 Å². The third-order valence-electron chi connectivity index (χ3n) is 5.28. The van der Waals surface area contributed by atoms with E-state index in [2.05, 4.69) is 39.7 Å². The van der Waals surface area contributed by atoms with Gasteiger partial charge in [0.05, 0.1) is 17.9 Å². The lowest BCUT2D eigenvalue weighted by atomic mass is 10.1. The van der Waals surface area contributed by atoms with Crippen LogP contribution in [0, 0.1) is 5.82 Å². The van der Waals surface area contributed by atoms with Crippen molar-refractivity contribution in [1.82, 2.24) is 35.2 Å². The van der Waals surface area contributed by atoms with Gasteiger partial charge in [-0.2, -0.15) is 10.2 Å². The molecule has 8 nitrogen and oxygen atoms in total. The number of benzene rings is 1. The largest absolute Gasteiger partial charge is 0.357 e. The Morgan fingerprint density at radius 1 is 1.19 bits per heavy atom. The maximum Gasteiger partial charge on any atom is 0.191 e. The van der Waals surface area contributed by atoms with Crippen molar-refractivity contribution in [3.05, 3.63) is 59.7 Å². The predicted octanol–water partition coefficient (Wildman–Crippen LogP) is 2.28. The van der Waals surface area contributed by atoms with Crippen LogP contribution in [0.4, 0.5) is 4.39 Å². The third kappa shape index (κ3) is 5.28. The van der Waals surface area contributed by atoms with E-state index in [1.807, 2.05) is 16.9 Å². The molecule has 1 unspecified atom stereocenters. The summed E-state index contributed by atoms with van der Waals surface area (Å²) in [5, 5.41) is 16.0. The summed E-state index contributed by atoms with van der Waals surface area (Å²) in [5.74, 6) is 2.55. The van der Waals surface area contributed by atoms with Crippen molar-refractivity contribution in [2.75, 3.05) is 13.1 Å². The van der Waals surface area contributed by atoms with Crippen LogP contribution >= 0.6 is 0 Å². The molecule has 4 rings (SSSR count). The highest BCUT2D eigenvalue weighted by atomic mass is 19.1. The number of guanidine groups is 1. The lowest BCUT2D eigenvalue weighted by Gasteiger charge is -2.25. The molecule has 0 aliphatic carbocycles. The topological polar surface area (TPSA) is 84.9 Å². The fourth-order valence-electron chi connectivity index (χ4n) is 3.66. The van der Waals surface area contributed by atoms with Crippen LogP contribution in [-0.4, -0.2) is 49.6 Å². The van der Waals surface area contributed by atoms with Gasteiger partial charge in [0.25, 0.3) is 0 Å². The van der Waals surface area contributed by atoms with Crippen LogP contribution in [0.1, 0.15) is 37.6 Å². The molecule has 1 aliphatic heterocycles. The Labute approximate surface area is 181 Å². The van der Waals surface area contributed by atoms with E-state index in [9.17, 15) is 4.39 Å². The molecule has 9 heteroatoms. The van der Waals surface area contributed by atoms with Crippen LogP contribution in [0.15, 0.2) is 41.5 Å². The van der Waals surface area contributed by atoms with E-state index in [-0.39, 0.29) is 11.9 Å². The molecule has 0 saturated carbocycles. The fraction of sp³-hybridized carbons (Fsp3) is 0.455. The number of hydrogen-bond acceptors (Lipinski definition) is 4. The highest BCUT2D eigenvalue weighted by Gasteiger charge is 2.22. The molecule has 2 N–H and O–H groups in total. The number of nitrogens with zero attached hydrogens (tertiary/aromatic N) is 6. The number of aliphatic imine (C=N–C) groups is 1. The molecule has 0 amide bonds. The predicted molar refractivity (Wildman–Crippen MR) is 118 cm³/mol. The van der Waals surface area contributed by atoms with Gasteiger partial charge in [-0.15, -0.1) is 0 Å². The Balaban J connectivity index is 1.33. The highest BCUT2D eigenvalue weighted by molar-refractivity contribution is 5.80. The lowest BCUT2D eigenvalue weighted by molar-refractivity contribution is 0.392. The van der Waals surface area contributed by atoms with Crippen molar-refractivity contribution in [1.29, 1.82) is 0 Å². The van der Waals surface area contributed by atoms with Crippen molar-refractivity contribution in [3.63, 3.8) is 0 Å². The van der Waals surface area contributed by atoms with E-state index in [0.717, 1.165) is 67.8 Å². The fourth-order valence-corrected chi connectivity index (χ4v) is 3.66. The normalized spacial score (nSPS) is 16.2. The second-order valence-electron chi connectivity index (χ2n) is 7.60. The second kappa shape index (κ2) is 9.72. The Hall–Kier alpha value is -3.23. The van der Waals surface area contributed by atoms with Crippen molar-refractivity contribution in [3.8, 4) is 5.69 Å². The minimum Gasteiger partial charge on any atom is -0.357 e. The molecule has 31 heavy (non-hydrogen) atoms. The first kappa shape index (κ1) is 21.0. The molecule has 3 aromatic rings. The summed E-state index contributed by atoms with van der Waals surface area (Å²) in [6.45, 7) is 6.36. The highest BCUT2D eigenvalue weighted by Crippen LogP contribution is 2.13. The maximum absolute atomic E-state index is 13.1. The molecular weight excluding hydrogens is 395 g/mol. The van der Waals surface area contributed by atoms with Gasteiger partial charge in [-0.1, -0.05) is 6.92 Å². The van der Waals surface area contributed by atoms with Crippen LogP contribution in [0.5, 0.6) is 0 Å². The van der Waals surface area contributed by atoms with Crippen LogP contribution in [0.2, 0.25) is 0 Å². The summed E-state index contributed by atoms with van der Waals surface area (Å²) < 4.78 is 16.9. The van der Waals surface area contributed by atoms with Gasteiger partial charge in [0.2, 0.25) is 0 Å². The van der Waals surface area contributed by atoms with Gasteiger partial charge in [0.1, 0.15) is 11.6 Å². The quantitative estimate of drug-likeness (QED) is 0.449. The zero-order chi connectivity index (χ0) is 21.6. The van der Waals surface area contributed by atoms with Gasteiger partial charge in [0.15, 0.2) is 11.8 Å². The SMILES string of the molecule is CCNC(=NCCc1ccn(-c2ccc(F)cc2)n1)NC1CCc2nc(CC)nn2C1. The molecule has 1 atom stereocenters. The number of hydrogen-bond donors (Lipinski definition) is 2. The van der Waals surface area contributed by atoms with E-state index >= 15 is 0 Å². The maximum atomic E-state index is 13.1. The molecule has 3 heterocycles. The summed E-state index contributed by atoms with van der Waals surface area (Å²) in [6, 6.07) is 8.54. The molecule has 164 valence electrons. The summed E-state index contributed by atoms with van der Waals surface area (Å²) in [6.07, 6.45) is 5.40. The molecule has 1 aromatic carbocycles. The molecule has 1 aliphatic rings. The third-order valence-corrected chi connectivity index (χ3v) is 5.28. The van der Waals surface area contributed by atoms with Gasteiger partial charge < -0.3 is 10.6 Å². The molecule has 0 fully saturated rings. The molecule has 0 bridgehead atoms. The first-order valence-corrected chi connectivity index (χ1v) is 10.9. The number of aromatic nitrogens is 5. The lowest BCUT2D eigenvalue weighted by Crippen LogP contribution is -2.47. The average Bonchev–Trinajstić information content (AvgIpc) is 3.41. The van der Waals surface area contributed by atoms with Crippen LogP contribution in [0.25, 0.3) is 5.69 Å². The minimum absolute atomic E-state index is 0.252. The van der Waals surface area contributed by atoms with Gasteiger partial charge >= 0.3 is 0 Å². The molecule has 2 aromatic heterocycles. The van der Waals surface area contributed by atoms with E-state index in [0.29, 0.717) is 6.54 Å². The molecule has 0 saturated heterocycles. The Bertz CT molecular complexity index is 1020. The minimum atomic E-state index is -0.252. The second-order valence-corrected chi connectivity index (χ2v) is 7.60. The van der Waals surface area contributed by atoms with Gasteiger partial charge in [-0.25, -0.2) is 18.7 Å². The summed E-state index contributed by atoms with van der Waals surface area (Å²) in [5.41, 5.74) is 1.78. The number of rotatable bonds is 7. The Kier molecular flexibility index (Phi) is 6.59. The van der Waals surface area contributed by atoms with E-state index in [4.69, 9.17) is 4.99 Å². The number of aryl methyl sites for hydroxylation is 2. The van der Waals surface area contributed by atoms with Crippen LogP contribution in [0.3, 0.4) is 0 Å². The zero-order valence-electron chi connectivity index (χ0n) is 18.1. The van der Waals surface area contributed by atoms with Crippen molar-refractivity contribution in [2.45, 2.75) is 52.1 Å². The average molecular weight is 425 g/mol. The standard InChI is InChI=1S/C22H29FN8/c1-3-20-27-21-10-7-18(15-31(21)29-20)26-22(24-4-2)25-13-11-17-12-14-30(28-17)19-8-5-16(23)6-9-19/h5-6,8-9,12,14,18H,3-4,7,10-11,13,15H2,1-2H3,(H2,24,25,26). The van der Waals surface area contributed by atoms with Crippen molar-refractivity contribution in [2.24, 2.45) is 4.99 Å². The van der Waals surface area contributed by atoms with Gasteiger partial charge in [-0.3, -0.25) is 4.99 Å². The van der Waals surface area contributed by atoms with Crippen molar-refractivity contribution < 1.29 is 4.39 Å². The molecule has 0 spiro atoms. The monoisotopic (exact) mass is 424 g/mol. The number of halogens is 1. The first-order valence-electron chi connectivity index (χ1n) is 10.9. The van der Waals surface area contributed by atoms with E-state index in [1.54, 1.807) is 16.8 Å². The Morgan fingerprint density at radius 3 is 2.81 bits per heavy atom. The summed E-state index contributed by atoms with van der Waals surface area (Å²) in [7, 11) is 0. The molecular formula is C22H29FN8. The molecule has 0 radical (unpaired) electrons. The van der Waals surface area contributed by atoms with Crippen LogP contribution < -0.4 is 10.6 Å².